The number of nitrogen functional groups attached to an aromatic ring is 2. The summed E-state index contributed by atoms with van der Waals surface area (Å²) in [5, 5.41) is 5.30. The number of pyridine rings is 1. The maximum atomic E-state index is 14.5. The number of aromatic amines is 1. The van der Waals surface area contributed by atoms with Crippen molar-refractivity contribution in [3.8, 4) is 11.4 Å². The van der Waals surface area contributed by atoms with Crippen molar-refractivity contribution in [1.29, 1.82) is 0 Å². The zero-order valence-electron chi connectivity index (χ0n) is 19.7. The van der Waals surface area contributed by atoms with Crippen LogP contribution in [0, 0.1) is 11.6 Å². The molecule has 0 fully saturated rings. The van der Waals surface area contributed by atoms with E-state index in [0.29, 0.717) is 18.2 Å². The van der Waals surface area contributed by atoms with Crippen molar-refractivity contribution in [2.24, 2.45) is 0 Å². The first-order valence-corrected chi connectivity index (χ1v) is 11.0. The lowest BCUT2D eigenvalue weighted by Gasteiger charge is -2.11. The van der Waals surface area contributed by atoms with E-state index in [0.717, 1.165) is 18.5 Å². The molecule has 0 saturated heterocycles. The molecule has 9 nitrogen and oxygen atoms in total. The first kappa shape index (κ1) is 28.1. The second-order valence-corrected chi connectivity index (χ2v) is 8.03. The Balaban J connectivity index is 0.000000279. The van der Waals surface area contributed by atoms with Crippen LogP contribution in [-0.2, 0) is 12.7 Å². The van der Waals surface area contributed by atoms with Crippen molar-refractivity contribution in [3.05, 3.63) is 74.7 Å². The van der Waals surface area contributed by atoms with Crippen LogP contribution in [-0.4, -0.2) is 30.9 Å². The molecule has 0 aliphatic carbocycles. The Morgan fingerprint density at radius 2 is 1.82 bits per heavy atom. The van der Waals surface area contributed by atoms with Gasteiger partial charge in [-0.1, -0.05) is 13.3 Å². The number of rotatable bonds is 5. The van der Waals surface area contributed by atoms with Gasteiger partial charge in [0.05, 0.1) is 35.6 Å². The minimum atomic E-state index is -4.74. The third-order valence-electron chi connectivity index (χ3n) is 5.24. The molecule has 202 valence electrons. The van der Waals surface area contributed by atoms with E-state index in [9.17, 15) is 35.9 Å². The Morgan fingerprint density at radius 3 is 2.39 bits per heavy atom. The molecular weight excluding hydrogens is 520 g/mol. The van der Waals surface area contributed by atoms with E-state index in [1.165, 1.54) is 16.8 Å². The zero-order valence-corrected chi connectivity index (χ0v) is 19.7. The number of nitrogens with zero attached hydrogens (tertiary/aromatic N) is 4. The molecule has 0 amide bonds. The Bertz CT molecular complexity index is 1570. The van der Waals surface area contributed by atoms with Crippen molar-refractivity contribution in [1.82, 2.24) is 24.7 Å². The fraction of sp³-hybridized carbons (Fsp3) is 0.261. The van der Waals surface area contributed by atoms with Gasteiger partial charge in [0, 0.05) is 6.20 Å². The SMILES string of the molecule is CCCC(F)Cn1ccc2cc(-c3ncc(F)c(N)n3)c(F)cc2c1=O.Nc1cn[nH]c(=O)c1C(F)(F)F. The van der Waals surface area contributed by atoms with E-state index in [-0.39, 0.29) is 23.3 Å². The number of nitrogens with one attached hydrogen (secondary N) is 1. The van der Waals surface area contributed by atoms with Gasteiger partial charge in [-0.15, -0.1) is 0 Å². The zero-order chi connectivity index (χ0) is 28.2. The van der Waals surface area contributed by atoms with Crippen LogP contribution >= 0.6 is 0 Å². The van der Waals surface area contributed by atoms with Gasteiger partial charge in [-0.2, -0.15) is 18.3 Å². The summed E-state index contributed by atoms with van der Waals surface area (Å²) in [7, 11) is 0. The van der Waals surface area contributed by atoms with E-state index in [1.54, 1.807) is 11.2 Å². The Morgan fingerprint density at radius 1 is 1.11 bits per heavy atom. The van der Waals surface area contributed by atoms with Crippen LogP contribution in [0.4, 0.5) is 37.8 Å². The number of nitrogens with two attached hydrogens (primary N) is 2. The minimum Gasteiger partial charge on any atom is -0.397 e. The van der Waals surface area contributed by atoms with Crippen LogP contribution in [0.15, 0.2) is 46.4 Å². The molecule has 1 unspecified atom stereocenters. The standard InChI is InChI=1S/C18H17F3N4O.C5H4F3N3O/c1-2-3-11(19)9-25-5-4-10-6-13(14(20)7-12(10)18(25)26)17-23-8-15(21)16(22)24-17;6-5(7,8)3-2(9)1-10-11-4(3)12/h4-8,11H,2-3,9H2,1H3,(H2,22,23,24);1H,(H3,9,11,12). The summed E-state index contributed by atoms with van der Waals surface area (Å²) in [6, 6.07) is 4.03. The topological polar surface area (TPSA) is 146 Å². The molecule has 1 atom stereocenters. The number of benzene rings is 1. The van der Waals surface area contributed by atoms with E-state index >= 15 is 0 Å². The summed E-state index contributed by atoms with van der Waals surface area (Å²) in [4.78, 5) is 30.5. The number of hydrogen-bond acceptors (Lipinski definition) is 7. The second kappa shape index (κ2) is 11.3. The number of alkyl halides is 4. The third-order valence-corrected chi connectivity index (χ3v) is 5.24. The predicted molar refractivity (Wildman–Crippen MR) is 128 cm³/mol. The van der Waals surface area contributed by atoms with Crippen molar-refractivity contribution in [2.75, 3.05) is 11.5 Å². The fourth-order valence-electron chi connectivity index (χ4n) is 3.45. The number of hydrogen-bond donors (Lipinski definition) is 3. The highest BCUT2D eigenvalue weighted by Gasteiger charge is 2.36. The van der Waals surface area contributed by atoms with E-state index < -0.39 is 52.2 Å². The van der Waals surface area contributed by atoms with Crippen molar-refractivity contribution >= 4 is 22.3 Å². The van der Waals surface area contributed by atoms with Gasteiger partial charge in [0.1, 0.15) is 17.6 Å². The molecule has 0 aliphatic heterocycles. The summed E-state index contributed by atoms with van der Waals surface area (Å²) < 4.78 is 78.7. The summed E-state index contributed by atoms with van der Waals surface area (Å²) >= 11 is 0. The molecule has 15 heteroatoms. The average molecular weight is 541 g/mol. The smallest absolute Gasteiger partial charge is 0.397 e. The molecule has 0 saturated carbocycles. The maximum Gasteiger partial charge on any atom is 0.423 e. The highest BCUT2D eigenvalue weighted by Crippen LogP contribution is 2.29. The van der Waals surface area contributed by atoms with Crippen LogP contribution in [0.3, 0.4) is 0 Å². The molecular formula is C23H21F6N7O2. The first-order valence-electron chi connectivity index (χ1n) is 11.0. The Hall–Kier alpha value is -4.43. The van der Waals surface area contributed by atoms with Gasteiger partial charge in [-0.25, -0.2) is 28.2 Å². The van der Waals surface area contributed by atoms with Gasteiger partial charge < -0.3 is 16.0 Å². The molecule has 5 N–H and O–H groups in total. The fourth-order valence-corrected chi connectivity index (χ4v) is 3.45. The molecule has 0 bridgehead atoms. The molecule has 3 heterocycles. The summed E-state index contributed by atoms with van der Waals surface area (Å²) in [6.45, 7) is 1.78. The number of fused-ring (bicyclic) bond motifs is 1. The lowest BCUT2D eigenvalue weighted by Crippen LogP contribution is -2.24. The van der Waals surface area contributed by atoms with Crippen LogP contribution in [0.25, 0.3) is 22.2 Å². The number of H-pyrrole nitrogens is 1. The molecule has 0 radical (unpaired) electrons. The van der Waals surface area contributed by atoms with Gasteiger partial charge in [-0.05, 0) is 30.0 Å². The molecule has 38 heavy (non-hydrogen) atoms. The highest BCUT2D eigenvalue weighted by atomic mass is 19.4. The van der Waals surface area contributed by atoms with Crippen LogP contribution in [0.5, 0.6) is 0 Å². The number of halogens is 6. The molecule has 4 aromatic rings. The lowest BCUT2D eigenvalue weighted by atomic mass is 10.1. The molecule has 0 aliphatic rings. The van der Waals surface area contributed by atoms with E-state index in [1.807, 2.05) is 6.92 Å². The maximum absolute atomic E-state index is 14.5. The first-order chi connectivity index (χ1) is 17.8. The number of aromatic nitrogens is 5. The van der Waals surface area contributed by atoms with Gasteiger partial charge >= 0.3 is 6.18 Å². The summed E-state index contributed by atoms with van der Waals surface area (Å²) in [6.07, 6.45) is -1.80. The second-order valence-electron chi connectivity index (χ2n) is 8.03. The minimum absolute atomic E-state index is 0.00398. The molecule has 3 aromatic heterocycles. The van der Waals surface area contributed by atoms with Crippen LogP contribution in [0.1, 0.15) is 25.3 Å². The van der Waals surface area contributed by atoms with Crippen molar-refractivity contribution < 1.29 is 26.3 Å². The quantitative estimate of drug-likeness (QED) is 0.326. The van der Waals surface area contributed by atoms with Gasteiger partial charge in [-0.3, -0.25) is 9.59 Å². The summed E-state index contributed by atoms with van der Waals surface area (Å²) in [5.74, 6) is -2.02. The van der Waals surface area contributed by atoms with Crippen LogP contribution in [0.2, 0.25) is 0 Å². The Kier molecular flexibility index (Phi) is 8.38. The predicted octanol–water partition coefficient (Wildman–Crippen LogP) is 3.83. The van der Waals surface area contributed by atoms with Gasteiger partial charge in [0.2, 0.25) is 0 Å². The Labute approximate surface area is 210 Å². The average Bonchev–Trinajstić information content (AvgIpc) is 2.82. The van der Waals surface area contributed by atoms with E-state index in [2.05, 4.69) is 15.1 Å². The van der Waals surface area contributed by atoms with Gasteiger partial charge in [0.25, 0.3) is 11.1 Å². The van der Waals surface area contributed by atoms with E-state index in [4.69, 9.17) is 11.5 Å². The van der Waals surface area contributed by atoms with Gasteiger partial charge in [0.15, 0.2) is 17.5 Å². The highest BCUT2D eigenvalue weighted by molar-refractivity contribution is 5.86. The monoisotopic (exact) mass is 541 g/mol. The lowest BCUT2D eigenvalue weighted by molar-refractivity contribution is -0.138. The normalized spacial score (nSPS) is 12.2. The van der Waals surface area contributed by atoms with Crippen molar-refractivity contribution in [3.63, 3.8) is 0 Å². The third kappa shape index (κ3) is 6.27. The molecule has 4 rings (SSSR count). The number of anilines is 2. The largest absolute Gasteiger partial charge is 0.423 e. The van der Waals surface area contributed by atoms with Crippen LogP contribution < -0.4 is 22.6 Å². The molecule has 1 aromatic carbocycles. The van der Waals surface area contributed by atoms with Crippen molar-refractivity contribution in [2.45, 2.75) is 38.7 Å². The molecule has 0 spiro atoms. The summed E-state index contributed by atoms with van der Waals surface area (Å²) in [5.41, 5.74) is 6.41.